The summed E-state index contributed by atoms with van der Waals surface area (Å²) in [5.74, 6) is 3.35. The number of benzene rings is 3. The average molecular weight is 377 g/mol. The zero-order valence-corrected chi connectivity index (χ0v) is 14.9. The summed E-state index contributed by atoms with van der Waals surface area (Å²) in [6, 6.07) is 9.55. The molecule has 0 bridgehead atoms. The highest BCUT2D eigenvalue weighted by atomic mass is 16.7. The maximum Gasteiger partial charge on any atom is 0.231 e. The van der Waals surface area contributed by atoms with E-state index in [-0.39, 0.29) is 19.5 Å². The highest BCUT2D eigenvalue weighted by Gasteiger charge is 2.27. The van der Waals surface area contributed by atoms with Crippen molar-refractivity contribution in [3.05, 3.63) is 36.5 Å². The van der Waals surface area contributed by atoms with E-state index < -0.39 is 0 Å². The van der Waals surface area contributed by atoms with Crippen LogP contribution in [0, 0.1) is 0 Å². The molecule has 1 aromatic heterocycles. The lowest BCUT2D eigenvalue weighted by Crippen LogP contribution is -1.94. The zero-order chi connectivity index (χ0) is 18.8. The van der Waals surface area contributed by atoms with Crippen molar-refractivity contribution in [3.63, 3.8) is 0 Å². The Kier molecular flexibility index (Phi) is 2.95. The highest BCUT2D eigenvalue weighted by Crippen LogP contribution is 2.53. The molecule has 0 spiro atoms. The quantitative estimate of drug-likeness (QED) is 0.546. The van der Waals surface area contributed by atoms with Gasteiger partial charge in [0.25, 0.3) is 0 Å². The van der Waals surface area contributed by atoms with Gasteiger partial charge in [0, 0.05) is 27.9 Å². The smallest absolute Gasteiger partial charge is 0.231 e. The lowest BCUT2D eigenvalue weighted by Gasteiger charge is -2.16. The van der Waals surface area contributed by atoms with Crippen molar-refractivity contribution in [2.45, 2.75) is 0 Å². The first-order valence-corrected chi connectivity index (χ1v) is 8.78. The van der Waals surface area contributed by atoms with Gasteiger partial charge < -0.3 is 33.8 Å². The van der Waals surface area contributed by atoms with Gasteiger partial charge >= 0.3 is 0 Å². The van der Waals surface area contributed by atoms with Crippen LogP contribution in [-0.4, -0.2) is 30.8 Å². The van der Waals surface area contributed by atoms with E-state index in [0.29, 0.717) is 34.1 Å². The predicted octanol–water partition coefficient (Wildman–Crippen LogP) is 4.16. The number of aromatic hydroxyl groups is 1. The second-order valence-electron chi connectivity index (χ2n) is 6.62. The van der Waals surface area contributed by atoms with E-state index in [9.17, 15) is 5.11 Å². The molecule has 0 unspecified atom stereocenters. The van der Waals surface area contributed by atoms with E-state index >= 15 is 0 Å². The van der Waals surface area contributed by atoms with E-state index in [0.717, 1.165) is 27.3 Å². The average Bonchev–Trinajstić information content (AvgIpc) is 3.45. The number of hydrogen-bond donors (Lipinski definition) is 2. The first kappa shape index (κ1) is 15.3. The van der Waals surface area contributed by atoms with Gasteiger partial charge in [-0.05, 0) is 29.8 Å². The fourth-order valence-corrected chi connectivity index (χ4v) is 4.08. The Morgan fingerprint density at radius 1 is 0.893 bits per heavy atom. The molecule has 7 heteroatoms. The maximum absolute atomic E-state index is 10.5. The summed E-state index contributed by atoms with van der Waals surface area (Å²) in [6.07, 6.45) is 1.77. The largest absolute Gasteiger partial charge is 0.495 e. The van der Waals surface area contributed by atoms with Crippen LogP contribution in [0.5, 0.6) is 34.6 Å². The van der Waals surface area contributed by atoms with Crippen LogP contribution in [0.2, 0.25) is 0 Å². The van der Waals surface area contributed by atoms with Crippen LogP contribution in [0.15, 0.2) is 36.5 Å². The summed E-state index contributed by atoms with van der Waals surface area (Å²) in [5, 5.41) is 13.6. The minimum Gasteiger partial charge on any atom is -0.495 e. The molecule has 0 amide bonds. The van der Waals surface area contributed by atoms with E-state index in [1.54, 1.807) is 13.3 Å². The fraction of sp³-hybridized carbons (Fsp3) is 0.143. The van der Waals surface area contributed by atoms with Crippen molar-refractivity contribution < 1.29 is 28.8 Å². The summed E-state index contributed by atoms with van der Waals surface area (Å²) in [4.78, 5) is 2.90. The molecule has 2 aliphatic rings. The van der Waals surface area contributed by atoms with Crippen LogP contribution in [0.4, 0.5) is 0 Å². The first-order valence-electron chi connectivity index (χ1n) is 8.78. The Morgan fingerprint density at radius 2 is 1.68 bits per heavy atom. The predicted molar refractivity (Wildman–Crippen MR) is 102 cm³/mol. The molecule has 0 saturated carbocycles. The number of fused-ring (bicyclic) bond motifs is 5. The number of aromatic nitrogens is 1. The molecule has 140 valence electrons. The highest BCUT2D eigenvalue weighted by molar-refractivity contribution is 6.20. The van der Waals surface area contributed by atoms with E-state index in [2.05, 4.69) is 4.98 Å². The van der Waals surface area contributed by atoms with Crippen LogP contribution in [0.1, 0.15) is 0 Å². The van der Waals surface area contributed by atoms with E-state index in [1.807, 2.05) is 30.3 Å². The van der Waals surface area contributed by atoms with Gasteiger partial charge in [-0.2, -0.15) is 0 Å². The second-order valence-corrected chi connectivity index (χ2v) is 6.62. The molecule has 0 aliphatic carbocycles. The number of ether oxygens (including phenoxy) is 5. The van der Waals surface area contributed by atoms with Crippen LogP contribution >= 0.6 is 0 Å². The van der Waals surface area contributed by atoms with Crippen LogP contribution in [0.25, 0.3) is 32.7 Å². The van der Waals surface area contributed by atoms with E-state index in [4.69, 9.17) is 23.7 Å². The normalized spacial score (nSPS) is 14.2. The monoisotopic (exact) mass is 377 g/mol. The van der Waals surface area contributed by atoms with Crippen molar-refractivity contribution in [3.8, 4) is 45.8 Å². The number of nitrogens with one attached hydrogen (secondary N) is 1. The molecule has 7 nitrogen and oxygen atoms in total. The molecule has 4 aromatic rings. The zero-order valence-electron chi connectivity index (χ0n) is 14.9. The topological polar surface area (TPSA) is 82.2 Å². The SMILES string of the molecule is COc1c2ccc3c(c2c(-c2ccc4c(c2)OCO4)c2c[nH]c(O)c12)OCO3. The van der Waals surface area contributed by atoms with Gasteiger partial charge in [-0.15, -0.1) is 0 Å². The molecule has 2 aliphatic heterocycles. The van der Waals surface area contributed by atoms with Crippen molar-refractivity contribution in [2.24, 2.45) is 0 Å². The molecule has 0 atom stereocenters. The Hall–Kier alpha value is -3.74. The third-order valence-corrected chi connectivity index (χ3v) is 5.26. The molecule has 0 radical (unpaired) electrons. The Morgan fingerprint density at radius 3 is 2.57 bits per heavy atom. The maximum atomic E-state index is 10.5. The molecule has 3 heterocycles. The second kappa shape index (κ2) is 5.39. The summed E-state index contributed by atoms with van der Waals surface area (Å²) in [6.45, 7) is 0.364. The van der Waals surface area contributed by atoms with Crippen molar-refractivity contribution >= 4 is 21.5 Å². The van der Waals surface area contributed by atoms with Crippen LogP contribution in [0.3, 0.4) is 0 Å². The van der Waals surface area contributed by atoms with Crippen LogP contribution < -0.4 is 23.7 Å². The Balaban J connectivity index is 1.81. The lowest BCUT2D eigenvalue weighted by molar-refractivity contribution is 0.174. The number of rotatable bonds is 2. The third-order valence-electron chi connectivity index (χ3n) is 5.26. The van der Waals surface area contributed by atoms with Gasteiger partial charge in [0.1, 0.15) is 5.75 Å². The van der Waals surface area contributed by atoms with Gasteiger partial charge in [-0.3, -0.25) is 0 Å². The van der Waals surface area contributed by atoms with Gasteiger partial charge in [0.2, 0.25) is 13.6 Å². The van der Waals surface area contributed by atoms with Gasteiger partial charge in [-0.25, -0.2) is 0 Å². The third kappa shape index (κ3) is 1.87. The molecular weight excluding hydrogens is 362 g/mol. The van der Waals surface area contributed by atoms with Gasteiger partial charge in [0.15, 0.2) is 28.9 Å². The molecule has 0 saturated heterocycles. The molecule has 2 N–H and O–H groups in total. The summed E-state index contributed by atoms with van der Waals surface area (Å²) >= 11 is 0. The molecule has 28 heavy (non-hydrogen) atoms. The lowest BCUT2D eigenvalue weighted by atomic mass is 9.92. The van der Waals surface area contributed by atoms with Crippen molar-refractivity contribution in [2.75, 3.05) is 20.7 Å². The van der Waals surface area contributed by atoms with Crippen molar-refractivity contribution in [1.29, 1.82) is 0 Å². The fourth-order valence-electron chi connectivity index (χ4n) is 4.08. The minimum atomic E-state index is 0.0495. The number of methoxy groups -OCH3 is 1. The summed E-state index contributed by atoms with van der Waals surface area (Å²) in [7, 11) is 1.59. The summed E-state index contributed by atoms with van der Waals surface area (Å²) in [5.41, 5.74) is 1.80. The molecule has 3 aromatic carbocycles. The van der Waals surface area contributed by atoms with Gasteiger partial charge in [0.05, 0.1) is 12.5 Å². The van der Waals surface area contributed by atoms with Gasteiger partial charge in [-0.1, -0.05) is 6.07 Å². The molecular formula is C21H15NO6. The number of H-pyrrole nitrogens is 1. The summed E-state index contributed by atoms with van der Waals surface area (Å²) < 4.78 is 28.1. The first-order chi connectivity index (χ1) is 13.8. The van der Waals surface area contributed by atoms with Crippen molar-refractivity contribution in [1.82, 2.24) is 4.98 Å². The molecule has 6 rings (SSSR count). The Labute approximate surface area is 159 Å². The van der Waals surface area contributed by atoms with E-state index in [1.165, 1.54) is 0 Å². The number of aromatic amines is 1. The number of hydrogen-bond acceptors (Lipinski definition) is 6. The molecule has 0 fully saturated rings. The van der Waals surface area contributed by atoms with Crippen LogP contribution in [-0.2, 0) is 0 Å². The Bertz CT molecular complexity index is 1280. The minimum absolute atomic E-state index is 0.0495. The standard InChI is InChI=1S/C21H15NO6/c1-24-19-11-3-5-14-20(28-9-26-14)17(11)16(12-7-22-21(23)18(12)19)10-2-4-13-15(6-10)27-8-25-13/h2-7,22-23H,8-9H2,1H3.